The van der Waals surface area contributed by atoms with Crippen molar-refractivity contribution >= 4 is 5.91 Å². The molecular weight excluding hydrogens is 202 g/mol. The van der Waals surface area contributed by atoms with Crippen molar-refractivity contribution in [3.8, 4) is 0 Å². The number of piperazine rings is 1. The lowest BCUT2D eigenvalue weighted by Gasteiger charge is -2.45. The Morgan fingerprint density at radius 3 is 2.62 bits per heavy atom. The van der Waals surface area contributed by atoms with Gasteiger partial charge in [0.05, 0.1) is 6.54 Å². The fourth-order valence-electron chi connectivity index (χ4n) is 1.94. The van der Waals surface area contributed by atoms with E-state index in [-0.39, 0.29) is 11.4 Å². The summed E-state index contributed by atoms with van der Waals surface area (Å²) in [6.07, 6.45) is 1.07. The first-order valence-electron chi connectivity index (χ1n) is 6.17. The van der Waals surface area contributed by atoms with Gasteiger partial charge in [0.25, 0.3) is 0 Å². The van der Waals surface area contributed by atoms with Crippen molar-refractivity contribution in [2.45, 2.75) is 32.7 Å². The zero-order valence-corrected chi connectivity index (χ0v) is 11.0. The van der Waals surface area contributed by atoms with Crippen LogP contribution in [0.1, 0.15) is 27.2 Å². The van der Waals surface area contributed by atoms with Crippen LogP contribution in [0.15, 0.2) is 0 Å². The highest BCUT2D eigenvalue weighted by Gasteiger charge is 2.32. The van der Waals surface area contributed by atoms with Gasteiger partial charge in [0.1, 0.15) is 0 Å². The van der Waals surface area contributed by atoms with Gasteiger partial charge in [-0.05, 0) is 33.9 Å². The first-order valence-corrected chi connectivity index (χ1v) is 6.17. The average Bonchev–Trinajstić information content (AvgIpc) is 2.22. The SMILES string of the molecule is CCCNCC(=O)N1CCN(C)C(C)(C)C1. The predicted octanol–water partition coefficient (Wildman–Crippen LogP) is 0.539. The van der Waals surface area contributed by atoms with E-state index in [1.807, 2.05) is 4.90 Å². The smallest absolute Gasteiger partial charge is 0.236 e. The Morgan fingerprint density at radius 2 is 2.06 bits per heavy atom. The Balaban J connectivity index is 2.40. The van der Waals surface area contributed by atoms with Gasteiger partial charge in [0.2, 0.25) is 5.91 Å². The van der Waals surface area contributed by atoms with E-state index in [0.29, 0.717) is 6.54 Å². The molecule has 0 aromatic heterocycles. The molecule has 1 heterocycles. The largest absolute Gasteiger partial charge is 0.338 e. The summed E-state index contributed by atoms with van der Waals surface area (Å²) in [5.74, 6) is 0.231. The molecule has 1 amide bonds. The maximum atomic E-state index is 11.9. The van der Waals surface area contributed by atoms with E-state index >= 15 is 0 Å². The van der Waals surface area contributed by atoms with Crippen LogP contribution in [0.25, 0.3) is 0 Å². The fraction of sp³-hybridized carbons (Fsp3) is 0.917. The number of hydrogen-bond acceptors (Lipinski definition) is 3. The van der Waals surface area contributed by atoms with E-state index in [1.165, 1.54) is 0 Å². The Hall–Kier alpha value is -0.610. The van der Waals surface area contributed by atoms with Gasteiger partial charge in [-0.2, -0.15) is 0 Å². The normalized spacial score (nSPS) is 21.1. The van der Waals surface area contributed by atoms with Crippen molar-refractivity contribution in [2.24, 2.45) is 0 Å². The lowest BCUT2D eigenvalue weighted by molar-refractivity contribution is -0.134. The molecular formula is C12H25N3O. The zero-order chi connectivity index (χ0) is 12.2. The second-order valence-electron chi connectivity index (χ2n) is 5.23. The first kappa shape index (κ1) is 13.5. The third kappa shape index (κ3) is 3.46. The Labute approximate surface area is 99.0 Å². The van der Waals surface area contributed by atoms with Gasteiger partial charge in [-0.25, -0.2) is 0 Å². The molecule has 0 aromatic rings. The van der Waals surface area contributed by atoms with Gasteiger partial charge >= 0.3 is 0 Å². The van der Waals surface area contributed by atoms with Crippen LogP contribution in [0.2, 0.25) is 0 Å². The second-order valence-corrected chi connectivity index (χ2v) is 5.23. The maximum absolute atomic E-state index is 11.9. The minimum Gasteiger partial charge on any atom is -0.338 e. The van der Waals surface area contributed by atoms with Crippen LogP contribution >= 0.6 is 0 Å². The number of carbonyl (C=O) groups excluding carboxylic acids is 1. The number of carbonyl (C=O) groups is 1. The number of nitrogens with one attached hydrogen (secondary N) is 1. The summed E-state index contributed by atoms with van der Waals surface area (Å²) in [7, 11) is 2.12. The van der Waals surface area contributed by atoms with Crippen molar-refractivity contribution < 1.29 is 4.79 Å². The van der Waals surface area contributed by atoms with Gasteiger partial charge in [-0.15, -0.1) is 0 Å². The van der Waals surface area contributed by atoms with Crippen molar-refractivity contribution in [1.29, 1.82) is 0 Å². The lowest BCUT2D eigenvalue weighted by Crippen LogP contribution is -2.59. The minimum absolute atomic E-state index is 0.0959. The van der Waals surface area contributed by atoms with E-state index < -0.39 is 0 Å². The number of likely N-dealkylation sites (N-methyl/N-ethyl adjacent to an activating group) is 1. The molecule has 0 unspecified atom stereocenters. The van der Waals surface area contributed by atoms with Gasteiger partial charge < -0.3 is 10.2 Å². The third-order valence-electron chi connectivity index (χ3n) is 3.37. The summed E-state index contributed by atoms with van der Waals surface area (Å²) in [5, 5.41) is 3.17. The van der Waals surface area contributed by atoms with Crippen LogP contribution in [0, 0.1) is 0 Å². The number of hydrogen-bond donors (Lipinski definition) is 1. The van der Waals surface area contributed by atoms with Crippen LogP contribution in [-0.2, 0) is 4.79 Å². The molecule has 0 radical (unpaired) electrons. The van der Waals surface area contributed by atoms with Crippen LogP contribution in [-0.4, -0.2) is 61.0 Å². The second kappa shape index (κ2) is 5.64. The molecule has 4 heteroatoms. The third-order valence-corrected chi connectivity index (χ3v) is 3.37. The molecule has 16 heavy (non-hydrogen) atoms. The number of nitrogens with zero attached hydrogens (tertiary/aromatic N) is 2. The molecule has 94 valence electrons. The number of amides is 1. The molecule has 0 saturated carbocycles. The van der Waals surface area contributed by atoms with Crippen molar-refractivity contribution in [1.82, 2.24) is 15.1 Å². The van der Waals surface area contributed by atoms with E-state index in [2.05, 4.69) is 38.0 Å². The first-order chi connectivity index (χ1) is 7.47. The van der Waals surface area contributed by atoms with Crippen LogP contribution in [0.3, 0.4) is 0 Å². The Kier molecular flexibility index (Phi) is 4.74. The van der Waals surface area contributed by atoms with Crippen molar-refractivity contribution in [2.75, 3.05) is 39.8 Å². The van der Waals surface area contributed by atoms with E-state index in [0.717, 1.165) is 32.6 Å². The molecule has 0 aromatic carbocycles. The van der Waals surface area contributed by atoms with Crippen LogP contribution < -0.4 is 5.32 Å². The summed E-state index contributed by atoms with van der Waals surface area (Å²) in [6.45, 7) is 10.5. The highest BCUT2D eigenvalue weighted by molar-refractivity contribution is 5.78. The van der Waals surface area contributed by atoms with Crippen molar-refractivity contribution in [3.05, 3.63) is 0 Å². The van der Waals surface area contributed by atoms with Gasteiger partial charge in [-0.3, -0.25) is 9.69 Å². The molecule has 0 atom stereocenters. The molecule has 0 bridgehead atoms. The van der Waals surface area contributed by atoms with E-state index in [9.17, 15) is 4.79 Å². The monoisotopic (exact) mass is 227 g/mol. The predicted molar refractivity (Wildman–Crippen MR) is 66.4 cm³/mol. The number of rotatable bonds is 4. The van der Waals surface area contributed by atoms with E-state index in [1.54, 1.807) is 0 Å². The van der Waals surface area contributed by atoms with Crippen LogP contribution in [0.5, 0.6) is 0 Å². The molecule has 0 aliphatic carbocycles. The standard InChI is InChI=1S/C12H25N3O/c1-5-6-13-9-11(16)15-8-7-14(4)12(2,3)10-15/h13H,5-10H2,1-4H3. The summed E-state index contributed by atoms with van der Waals surface area (Å²) >= 11 is 0. The van der Waals surface area contributed by atoms with Gasteiger partial charge in [0.15, 0.2) is 0 Å². The summed E-state index contributed by atoms with van der Waals surface area (Å²) in [6, 6.07) is 0. The molecule has 0 spiro atoms. The van der Waals surface area contributed by atoms with Gasteiger partial charge in [0, 0.05) is 25.2 Å². The topological polar surface area (TPSA) is 35.6 Å². The fourth-order valence-corrected chi connectivity index (χ4v) is 1.94. The average molecular weight is 227 g/mol. The molecule has 1 aliphatic heterocycles. The quantitative estimate of drug-likeness (QED) is 0.712. The van der Waals surface area contributed by atoms with Gasteiger partial charge in [-0.1, -0.05) is 6.92 Å². The molecule has 1 fully saturated rings. The maximum Gasteiger partial charge on any atom is 0.236 e. The summed E-state index contributed by atoms with van der Waals surface area (Å²) in [5.41, 5.74) is 0.0959. The molecule has 1 aliphatic rings. The van der Waals surface area contributed by atoms with Crippen molar-refractivity contribution in [3.63, 3.8) is 0 Å². The highest BCUT2D eigenvalue weighted by Crippen LogP contribution is 2.18. The molecule has 1 rings (SSSR count). The Bertz CT molecular complexity index is 240. The highest BCUT2D eigenvalue weighted by atomic mass is 16.2. The minimum atomic E-state index is 0.0959. The lowest BCUT2D eigenvalue weighted by atomic mass is 10.00. The molecule has 1 N–H and O–H groups in total. The van der Waals surface area contributed by atoms with E-state index in [4.69, 9.17) is 0 Å². The summed E-state index contributed by atoms with van der Waals surface area (Å²) in [4.78, 5) is 16.2. The molecule has 1 saturated heterocycles. The van der Waals surface area contributed by atoms with Crippen LogP contribution in [0.4, 0.5) is 0 Å². The Morgan fingerprint density at radius 1 is 1.38 bits per heavy atom. The molecule has 4 nitrogen and oxygen atoms in total. The zero-order valence-electron chi connectivity index (χ0n) is 11.0. The summed E-state index contributed by atoms with van der Waals surface area (Å²) < 4.78 is 0.